The average Bonchev–Trinajstić information content (AvgIpc) is 2.60. The normalized spacial score (nSPS) is 27.3. The summed E-state index contributed by atoms with van der Waals surface area (Å²) in [5, 5.41) is 7.69. The summed E-state index contributed by atoms with van der Waals surface area (Å²) in [7, 11) is 1.82. The van der Waals surface area contributed by atoms with Gasteiger partial charge in [0, 0.05) is 57.4 Å². The Balaban J connectivity index is 0.00000208. The lowest BCUT2D eigenvalue weighted by atomic mass is 10.1. The molecule has 3 saturated heterocycles. The molecule has 24 heavy (non-hydrogen) atoms. The minimum absolute atomic E-state index is 0. The van der Waals surface area contributed by atoms with Crippen LogP contribution in [0.4, 0.5) is 0 Å². The molecule has 1 aromatic rings. The van der Waals surface area contributed by atoms with E-state index in [1.165, 1.54) is 31.7 Å². The van der Waals surface area contributed by atoms with Crippen LogP contribution in [0, 0.1) is 0 Å². The molecule has 4 rings (SSSR count). The van der Waals surface area contributed by atoms with Crippen molar-refractivity contribution in [3.63, 3.8) is 0 Å². The highest BCUT2D eigenvalue weighted by molar-refractivity contribution is 14.0. The van der Waals surface area contributed by atoms with Gasteiger partial charge in [-0.05, 0) is 24.6 Å². The molecule has 3 fully saturated rings. The van der Waals surface area contributed by atoms with Gasteiger partial charge in [0.15, 0.2) is 5.96 Å². The number of halogens is 2. The number of aliphatic imine (C=N–C) groups is 1. The minimum Gasteiger partial charge on any atom is -0.355 e. The maximum atomic E-state index is 5.95. The largest absolute Gasteiger partial charge is 0.355 e. The van der Waals surface area contributed by atoms with Crippen LogP contribution < -0.4 is 10.6 Å². The van der Waals surface area contributed by atoms with Crippen LogP contribution in [0.15, 0.2) is 29.3 Å². The standard InChI is InChI=1S/C17H26ClN5.HI/c1-13(14-3-5-15(18)6-4-14)21-17(19-2)20-11-16-12-22-7-9-23(16)10-8-22;/h3-6,13,16H,7-12H2,1-2H3,(H2,19,20,21);1H. The Morgan fingerprint density at radius 1 is 1.25 bits per heavy atom. The van der Waals surface area contributed by atoms with Crippen molar-refractivity contribution in [3.05, 3.63) is 34.9 Å². The number of nitrogens with zero attached hydrogens (tertiary/aromatic N) is 3. The second kappa shape index (κ2) is 9.22. The van der Waals surface area contributed by atoms with Crippen molar-refractivity contribution in [1.82, 2.24) is 20.4 Å². The van der Waals surface area contributed by atoms with E-state index in [-0.39, 0.29) is 30.0 Å². The van der Waals surface area contributed by atoms with Crippen LogP contribution in [0.3, 0.4) is 0 Å². The van der Waals surface area contributed by atoms with Crippen molar-refractivity contribution in [3.8, 4) is 0 Å². The molecule has 0 amide bonds. The first-order valence-corrected chi connectivity index (χ1v) is 8.72. The van der Waals surface area contributed by atoms with Gasteiger partial charge in [-0.3, -0.25) is 14.8 Å². The van der Waals surface area contributed by atoms with Gasteiger partial charge >= 0.3 is 0 Å². The Bertz CT molecular complexity index is 542. The third kappa shape index (κ3) is 4.97. The Labute approximate surface area is 166 Å². The van der Waals surface area contributed by atoms with Crippen molar-refractivity contribution in [2.24, 2.45) is 4.99 Å². The smallest absolute Gasteiger partial charge is 0.191 e. The first kappa shape index (κ1) is 19.8. The molecule has 3 aliphatic heterocycles. The van der Waals surface area contributed by atoms with E-state index in [4.69, 9.17) is 11.6 Å². The van der Waals surface area contributed by atoms with Gasteiger partial charge in [-0.15, -0.1) is 24.0 Å². The molecule has 3 heterocycles. The predicted octanol–water partition coefficient (Wildman–Crippen LogP) is 2.18. The minimum atomic E-state index is 0. The fourth-order valence-corrected chi connectivity index (χ4v) is 3.49. The third-order valence-corrected chi connectivity index (χ3v) is 5.10. The van der Waals surface area contributed by atoms with E-state index in [0.29, 0.717) is 6.04 Å². The van der Waals surface area contributed by atoms with E-state index in [1.807, 2.05) is 31.3 Å². The molecule has 3 aliphatic rings. The van der Waals surface area contributed by atoms with E-state index in [9.17, 15) is 0 Å². The Morgan fingerprint density at radius 3 is 2.46 bits per heavy atom. The Morgan fingerprint density at radius 2 is 1.92 bits per heavy atom. The van der Waals surface area contributed by atoms with Crippen molar-refractivity contribution < 1.29 is 0 Å². The van der Waals surface area contributed by atoms with E-state index in [2.05, 4.69) is 32.3 Å². The topological polar surface area (TPSA) is 42.9 Å². The van der Waals surface area contributed by atoms with Crippen molar-refractivity contribution >= 4 is 41.5 Å². The lowest BCUT2D eigenvalue weighted by Crippen LogP contribution is -2.63. The highest BCUT2D eigenvalue weighted by Gasteiger charge is 2.31. The zero-order valence-corrected chi connectivity index (χ0v) is 17.4. The summed E-state index contributed by atoms with van der Waals surface area (Å²) in [6, 6.07) is 8.71. The Kier molecular flexibility index (Phi) is 7.59. The van der Waals surface area contributed by atoms with E-state index in [1.54, 1.807) is 0 Å². The van der Waals surface area contributed by atoms with Gasteiger partial charge in [-0.25, -0.2) is 0 Å². The lowest BCUT2D eigenvalue weighted by Gasteiger charge is -2.47. The number of fused-ring (bicyclic) bond motifs is 3. The summed E-state index contributed by atoms with van der Waals surface area (Å²) in [5.41, 5.74) is 1.20. The zero-order valence-electron chi connectivity index (χ0n) is 14.3. The molecule has 1 aromatic carbocycles. The second-order valence-corrected chi connectivity index (χ2v) is 6.80. The number of benzene rings is 1. The number of hydrogen-bond donors (Lipinski definition) is 2. The van der Waals surface area contributed by atoms with Gasteiger partial charge in [0.25, 0.3) is 0 Å². The van der Waals surface area contributed by atoms with Gasteiger partial charge in [-0.2, -0.15) is 0 Å². The summed E-state index contributed by atoms with van der Waals surface area (Å²) < 4.78 is 0. The summed E-state index contributed by atoms with van der Waals surface area (Å²) in [5.74, 6) is 0.852. The molecule has 2 atom stereocenters. The van der Waals surface area contributed by atoms with E-state index >= 15 is 0 Å². The van der Waals surface area contributed by atoms with Gasteiger partial charge < -0.3 is 10.6 Å². The summed E-state index contributed by atoms with van der Waals surface area (Å²) in [6.07, 6.45) is 0. The molecule has 5 nitrogen and oxygen atoms in total. The van der Waals surface area contributed by atoms with Gasteiger partial charge in [0.05, 0.1) is 6.04 Å². The summed E-state index contributed by atoms with van der Waals surface area (Å²) in [4.78, 5) is 9.49. The third-order valence-electron chi connectivity index (χ3n) is 4.84. The lowest BCUT2D eigenvalue weighted by molar-refractivity contribution is 0.0154. The highest BCUT2D eigenvalue weighted by Crippen LogP contribution is 2.16. The average molecular weight is 464 g/mol. The molecular weight excluding hydrogens is 437 g/mol. The van der Waals surface area contributed by atoms with Crippen LogP contribution in [-0.4, -0.2) is 68.1 Å². The molecule has 0 saturated carbocycles. The van der Waals surface area contributed by atoms with E-state index in [0.717, 1.165) is 24.1 Å². The molecule has 0 radical (unpaired) electrons. The van der Waals surface area contributed by atoms with E-state index < -0.39 is 0 Å². The molecule has 0 aromatic heterocycles. The molecule has 134 valence electrons. The fourth-order valence-electron chi connectivity index (χ4n) is 3.37. The van der Waals surface area contributed by atoms with Crippen LogP contribution >= 0.6 is 35.6 Å². The van der Waals surface area contributed by atoms with Crippen LogP contribution in [0.5, 0.6) is 0 Å². The maximum Gasteiger partial charge on any atom is 0.191 e. The quantitative estimate of drug-likeness (QED) is 0.408. The van der Waals surface area contributed by atoms with Crippen molar-refractivity contribution in [2.75, 3.05) is 46.3 Å². The maximum absolute atomic E-state index is 5.95. The molecular formula is C17H27ClIN5. The van der Waals surface area contributed by atoms with Crippen LogP contribution in [0.1, 0.15) is 18.5 Å². The number of nitrogens with one attached hydrogen (secondary N) is 2. The Hall–Kier alpha value is -0.570. The first-order chi connectivity index (χ1) is 11.2. The number of rotatable bonds is 4. The number of piperazine rings is 3. The van der Waals surface area contributed by atoms with Crippen molar-refractivity contribution in [2.45, 2.75) is 19.0 Å². The highest BCUT2D eigenvalue weighted by atomic mass is 127. The molecule has 2 N–H and O–H groups in total. The van der Waals surface area contributed by atoms with Crippen LogP contribution in [0.2, 0.25) is 5.02 Å². The molecule has 2 bridgehead atoms. The monoisotopic (exact) mass is 463 g/mol. The fraction of sp³-hybridized carbons (Fsp3) is 0.588. The van der Waals surface area contributed by atoms with Gasteiger partial charge in [0.2, 0.25) is 0 Å². The van der Waals surface area contributed by atoms with Gasteiger partial charge in [-0.1, -0.05) is 23.7 Å². The van der Waals surface area contributed by atoms with Crippen LogP contribution in [0.25, 0.3) is 0 Å². The molecule has 2 unspecified atom stereocenters. The summed E-state index contributed by atoms with van der Waals surface area (Å²) in [6.45, 7) is 9.06. The number of guanidine groups is 1. The molecule has 0 aliphatic carbocycles. The predicted molar refractivity (Wildman–Crippen MR) is 112 cm³/mol. The number of hydrogen-bond acceptors (Lipinski definition) is 3. The first-order valence-electron chi connectivity index (χ1n) is 8.35. The second-order valence-electron chi connectivity index (χ2n) is 6.36. The molecule has 0 spiro atoms. The zero-order chi connectivity index (χ0) is 16.2. The van der Waals surface area contributed by atoms with Crippen LogP contribution in [-0.2, 0) is 0 Å². The van der Waals surface area contributed by atoms with Gasteiger partial charge in [0.1, 0.15) is 0 Å². The molecule has 7 heteroatoms. The van der Waals surface area contributed by atoms with Crippen molar-refractivity contribution in [1.29, 1.82) is 0 Å². The summed E-state index contributed by atoms with van der Waals surface area (Å²) >= 11 is 5.95. The SMILES string of the molecule is CN=C(NCC1CN2CCN1CC2)NC(C)c1ccc(Cl)cc1.I.